The lowest BCUT2D eigenvalue weighted by Crippen LogP contribution is -2.37. The maximum absolute atomic E-state index is 6.32. The molecule has 2 rings (SSSR count). The van der Waals surface area contributed by atoms with Gasteiger partial charge in [-0.05, 0) is 42.9 Å². The summed E-state index contributed by atoms with van der Waals surface area (Å²) in [6.45, 7) is 5.14. The van der Waals surface area contributed by atoms with Crippen LogP contribution in [0.5, 0.6) is 5.75 Å². The Kier molecular flexibility index (Phi) is 4.28. The fourth-order valence-corrected chi connectivity index (χ4v) is 2.66. The van der Waals surface area contributed by atoms with Gasteiger partial charge < -0.3 is 10.5 Å². The Hall–Kier alpha value is -1.02. The summed E-state index contributed by atoms with van der Waals surface area (Å²) < 4.78 is 5.84. The molecule has 1 aliphatic rings. The maximum Gasteiger partial charge on any atom is 0.119 e. The van der Waals surface area contributed by atoms with Gasteiger partial charge in [0.25, 0.3) is 0 Å². The van der Waals surface area contributed by atoms with Gasteiger partial charge in [-0.2, -0.15) is 0 Å². The van der Waals surface area contributed by atoms with Crippen LogP contribution >= 0.6 is 0 Å². The van der Waals surface area contributed by atoms with Crippen LogP contribution in [0.1, 0.15) is 57.4 Å². The standard InChI is InChI=1S/C16H25NO/c1-13(2)14-6-5-7-15(12-14)18-11-10-16(17)8-3-4-9-16/h5-7,12-13H,3-4,8-11,17H2,1-2H3. The third kappa shape index (κ3) is 3.49. The SMILES string of the molecule is CC(C)c1cccc(OCCC2(N)CCCC2)c1. The van der Waals surface area contributed by atoms with Gasteiger partial charge in [0.1, 0.15) is 5.75 Å². The highest BCUT2D eigenvalue weighted by Gasteiger charge is 2.28. The van der Waals surface area contributed by atoms with Crippen LogP contribution in [0, 0.1) is 0 Å². The smallest absolute Gasteiger partial charge is 0.119 e. The molecule has 18 heavy (non-hydrogen) atoms. The number of nitrogens with two attached hydrogens (primary N) is 1. The van der Waals surface area contributed by atoms with E-state index in [4.69, 9.17) is 10.5 Å². The Balaban J connectivity index is 1.84. The fourth-order valence-electron chi connectivity index (χ4n) is 2.66. The second kappa shape index (κ2) is 5.75. The Morgan fingerprint density at radius 2 is 2.00 bits per heavy atom. The Bertz CT molecular complexity index is 380. The van der Waals surface area contributed by atoms with Gasteiger partial charge in [-0.25, -0.2) is 0 Å². The topological polar surface area (TPSA) is 35.2 Å². The summed E-state index contributed by atoms with van der Waals surface area (Å²) in [5.41, 5.74) is 7.69. The predicted octanol–water partition coefficient (Wildman–Crippen LogP) is 3.85. The van der Waals surface area contributed by atoms with E-state index in [9.17, 15) is 0 Å². The lowest BCUT2D eigenvalue weighted by molar-refractivity contribution is 0.258. The molecule has 0 bridgehead atoms. The molecule has 2 N–H and O–H groups in total. The molecular formula is C16H25NO. The van der Waals surface area contributed by atoms with Crippen LogP contribution in [-0.2, 0) is 0 Å². The largest absolute Gasteiger partial charge is 0.494 e. The first-order valence-electron chi connectivity index (χ1n) is 7.11. The maximum atomic E-state index is 6.32. The van der Waals surface area contributed by atoms with Crippen LogP contribution in [0.3, 0.4) is 0 Å². The molecule has 1 saturated carbocycles. The second-order valence-electron chi connectivity index (χ2n) is 5.90. The van der Waals surface area contributed by atoms with Crippen LogP contribution in [0.25, 0.3) is 0 Å². The molecule has 1 aliphatic carbocycles. The zero-order chi connectivity index (χ0) is 13.0. The fraction of sp³-hybridized carbons (Fsp3) is 0.625. The van der Waals surface area contributed by atoms with Crippen molar-refractivity contribution >= 4 is 0 Å². The summed E-state index contributed by atoms with van der Waals surface area (Å²) in [7, 11) is 0. The first-order valence-corrected chi connectivity index (χ1v) is 7.11. The van der Waals surface area contributed by atoms with Crippen molar-refractivity contribution in [1.82, 2.24) is 0 Å². The first kappa shape index (κ1) is 13.4. The van der Waals surface area contributed by atoms with E-state index < -0.39 is 0 Å². The van der Waals surface area contributed by atoms with E-state index in [-0.39, 0.29) is 5.54 Å². The van der Waals surface area contributed by atoms with Crippen LogP contribution in [0.15, 0.2) is 24.3 Å². The first-order chi connectivity index (χ1) is 8.59. The van der Waals surface area contributed by atoms with Crippen molar-refractivity contribution in [2.24, 2.45) is 5.73 Å². The average Bonchev–Trinajstić information content (AvgIpc) is 2.77. The van der Waals surface area contributed by atoms with Crippen LogP contribution in [0.4, 0.5) is 0 Å². The number of ether oxygens (including phenoxy) is 1. The van der Waals surface area contributed by atoms with E-state index in [0.717, 1.165) is 31.6 Å². The van der Waals surface area contributed by atoms with Crippen molar-refractivity contribution in [3.63, 3.8) is 0 Å². The lowest BCUT2D eigenvalue weighted by Gasteiger charge is -2.23. The molecule has 100 valence electrons. The van der Waals surface area contributed by atoms with Crippen molar-refractivity contribution in [3.05, 3.63) is 29.8 Å². The van der Waals surface area contributed by atoms with Crippen molar-refractivity contribution in [2.75, 3.05) is 6.61 Å². The van der Waals surface area contributed by atoms with Crippen molar-refractivity contribution < 1.29 is 4.74 Å². The number of rotatable bonds is 5. The molecule has 1 aromatic rings. The van der Waals surface area contributed by atoms with E-state index in [2.05, 4.69) is 32.0 Å². The second-order valence-corrected chi connectivity index (χ2v) is 5.90. The van der Waals surface area contributed by atoms with E-state index >= 15 is 0 Å². The predicted molar refractivity (Wildman–Crippen MR) is 76.0 cm³/mol. The highest BCUT2D eigenvalue weighted by Crippen LogP contribution is 2.30. The van der Waals surface area contributed by atoms with Crippen molar-refractivity contribution in [3.8, 4) is 5.75 Å². The monoisotopic (exact) mass is 247 g/mol. The van der Waals surface area contributed by atoms with Crippen molar-refractivity contribution in [1.29, 1.82) is 0 Å². The molecule has 0 aliphatic heterocycles. The molecule has 0 atom stereocenters. The van der Waals surface area contributed by atoms with Gasteiger partial charge in [-0.15, -0.1) is 0 Å². The number of benzene rings is 1. The summed E-state index contributed by atoms with van der Waals surface area (Å²) in [6.07, 6.45) is 5.84. The van der Waals surface area contributed by atoms with Gasteiger partial charge in [0.15, 0.2) is 0 Å². The van der Waals surface area contributed by atoms with E-state index in [1.807, 2.05) is 6.07 Å². The van der Waals surface area contributed by atoms with Gasteiger partial charge in [-0.1, -0.05) is 38.8 Å². The normalized spacial score (nSPS) is 18.2. The highest BCUT2D eigenvalue weighted by molar-refractivity contribution is 5.30. The molecule has 0 saturated heterocycles. The summed E-state index contributed by atoms with van der Waals surface area (Å²) >= 11 is 0. The molecule has 0 aromatic heterocycles. The van der Waals surface area contributed by atoms with Crippen molar-refractivity contribution in [2.45, 2.75) is 57.4 Å². The minimum atomic E-state index is 0.0374. The Morgan fingerprint density at radius 3 is 2.67 bits per heavy atom. The summed E-state index contributed by atoms with van der Waals surface area (Å²) in [6, 6.07) is 8.39. The summed E-state index contributed by atoms with van der Waals surface area (Å²) in [5, 5.41) is 0. The lowest BCUT2D eigenvalue weighted by atomic mass is 9.95. The minimum absolute atomic E-state index is 0.0374. The molecule has 2 heteroatoms. The highest BCUT2D eigenvalue weighted by atomic mass is 16.5. The molecule has 1 aromatic carbocycles. The molecule has 0 amide bonds. The van der Waals surface area contributed by atoms with Gasteiger partial charge in [0, 0.05) is 5.54 Å². The minimum Gasteiger partial charge on any atom is -0.494 e. The molecular weight excluding hydrogens is 222 g/mol. The van der Waals surface area contributed by atoms with Gasteiger partial charge in [0.2, 0.25) is 0 Å². The van der Waals surface area contributed by atoms with E-state index in [1.165, 1.54) is 18.4 Å². The van der Waals surface area contributed by atoms with Gasteiger partial charge in [-0.3, -0.25) is 0 Å². The zero-order valence-corrected chi connectivity index (χ0v) is 11.6. The summed E-state index contributed by atoms with van der Waals surface area (Å²) in [4.78, 5) is 0. The Labute approximate surface area is 111 Å². The van der Waals surface area contributed by atoms with E-state index in [0.29, 0.717) is 5.92 Å². The molecule has 0 radical (unpaired) electrons. The van der Waals surface area contributed by atoms with Gasteiger partial charge in [0.05, 0.1) is 6.61 Å². The van der Waals surface area contributed by atoms with E-state index in [1.54, 1.807) is 0 Å². The zero-order valence-electron chi connectivity index (χ0n) is 11.6. The van der Waals surface area contributed by atoms with Gasteiger partial charge >= 0.3 is 0 Å². The molecule has 2 nitrogen and oxygen atoms in total. The number of hydrogen-bond donors (Lipinski definition) is 1. The third-order valence-corrected chi connectivity index (χ3v) is 3.99. The average molecular weight is 247 g/mol. The third-order valence-electron chi connectivity index (χ3n) is 3.99. The molecule has 0 heterocycles. The van der Waals surface area contributed by atoms with Crippen LogP contribution in [-0.4, -0.2) is 12.1 Å². The Morgan fingerprint density at radius 1 is 1.28 bits per heavy atom. The number of hydrogen-bond acceptors (Lipinski definition) is 2. The van der Waals surface area contributed by atoms with Crippen LogP contribution < -0.4 is 10.5 Å². The summed E-state index contributed by atoms with van der Waals surface area (Å²) in [5.74, 6) is 1.52. The molecule has 0 unspecified atom stereocenters. The molecule has 1 fully saturated rings. The van der Waals surface area contributed by atoms with Crippen LogP contribution in [0.2, 0.25) is 0 Å². The molecule has 0 spiro atoms. The quantitative estimate of drug-likeness (QED) is 0.857.